The minimum Gasteiger partial charge on any atom is -0.462 e. The van der Waals surface area contributed by atoms with Crippen LogP contribution >= 0.6 is 11.3 Å². The van der Waals surface area contributed by atoms with Crippen LogP contribution in [0.2, 0.25) is 0 Å². The third kappa shape index (κ3) is 4.09. The second kappa shape index (κ2) is 8.56. The highest BCUT2D eigenvalue weighted by Gasteiger charge is 2.44. The molecule has 0 spiro atoms. The Hall–Kier alpha value is -2.67. The van der Waals surface area contributed by atoms with Gasteiger partial charge in [0.1, 0.15) is 9.88 Å². The third-order valence-electron chi connectivity index (χ3n) is 4.68. The lowest BCUT2D eigenvalue weighted by molar-refractivity contribution is -0.117. The Bertz CT molecular complexity index is 890. The minimum absolute atomic E-state index is 0.147. The predicted molar refractivity (Wildman–Crippen MR) is 107 cm³/mol. The van der Waals surface area contributed by atoms with Crippen molar-refractivity contribution in [1.82, 2.24) is 0 Å². The number of anilines is 1. The molecule has 1 saturated carbocycles. The van der Waals surface area contributed by atoms with E-state index in [9.17, 15) is 14.4 Å². The molecule has 148 valence electrons. The molecule has 2 unspecified atom stereocenters. The smallest absolute Gasteiger partial charge is 0.348 e. The fourth-order valence-electron chi connectivity index (χ4n) is 3.20. The van der Waals surface area contributed by atoms with Crippen LogP contribution in [0.4, 0.5) is 5.00 Å². The second-order valence-electron chi connectivity index (χ2n) is 6.55. The van der Waals surface area contributed by atoms with Crippen molar-refractivity contribution in [2.75, 3.05) is 18.5 Å². The molecule has 1 heterocycles. The van der Waals surface area contributed by atoms with E-state index in [1.54, 1.807) is 20.8 Å². The Kier molecular flexibility index (Phi) is 6.14. The van der Waals surface area contributed by atoms with Crippen molar-refractivity contribution >= 4 is 34.2 Å². The Labute approximate surface area is 167 Å². The van der Waals surface area contributed by atoms with Gasteiger partial charge in [-0.25, -0.2) is 9.59 Å². The van der Waals surface area contributed by atoms with Crippen molar-refractivity contribution < 1.29 is 23.9 Å². The van der Waals surface area contributed by atoms with Crippen LogP contribution in [-0.2, 0) is 14.3 Å². The Morgan fingerprint density at radius 3 is 2.36 bits per heavy atom. The van der Waals surface area contributed by atoms with Gasteiger partial charge in [0.05, 0.1) is 18.8 Å². The number of thiophene rings is 1. The molecule has 1 aromatic heterocycles. The molecule has 0 saturated heterocycles. The number of benzene rings is 1. The van der Waals surface area contributed by atoms with Crippen LogP contribution < -0.4 is 5.32 Å². The van der Waals surface area contributed by atoms with Gasteiger partial charge in [-0.15, -0.1) is 11.3 Å². The number of hydrogen-bond acceptors (Lipinski definition) is 6. The maximum Gasteiger partial charge on any atom is 0.348 e. The number of hydrogen-bond donors (Lipinski definition) is 1. The molecule has 3 rings (SSSR count). The lowest BCUT2D eigenvalue weighted by atomic mass is 10.1. The maximum absolute atomic E-state index is 12.7. The predicted octanol–water partition coefficient (Wildman–Crippen LogP) is 4.15. The number of nitrogens with one attached hydrogen (secondary N) is 1. The average Bonchev–Trinajstić information content (AvgIpc) is 3.41. The first kappa shape index (κ1) is 20.1. The molecule has 7 heteroatoms. The molecule has 28 heavy (non-hydrogen) atoms. The number of ether oxygens (including phenoxy) is 2. The van der Waals surface area contributed by atoms with Gasteiger partial charge in [0.25, 0.3) is 0 Å². The van der Waals surface area contributed by atoms with E-state index in [-0.39, 0.29) is 36.5 Å². The Balaban J connectivity index is 1.82. The van der Waals surface area contributed by atoms with E-state index >= 15 is 0 Å². The SMILES string of the molecule is CCOC(=O)c1sc(NC(=O)C2CC2c2ccccc2)c(C(=O)OCC)c1C. The minimum atomic E-state index is -0.558. The zero-order valence-electron chi connectivity index (χ0n) is 16.1. The highest BCUT2D eigenvalue weighted by molar-refractivity contribution is 7.18. The summed E-state index contributed by atoms with van der Waals surface area (Å²) in [7, 11) is 0. The van der Waals surface area contributed by atoms with Crippen LogP contribution in [0.5, 0.6) is 0 Å². The fraction of sp³-hybridized carbons (Fsp3) is 0.381. The van der Waals surface area contributed by atoms with Crippen LogP contribution in [0.3, 0.4) is 0 Å². The number of rotatable bonds is 7. The van der Waals surface area contributed by atoms with E-state index in [0.717, 1.165) is 23.3 Å². The molecular weight excluding hydrogens is 378 g/mol. The van der Waals surface area contributed by atoms with Gasteiger partial charge in [-0.3, -0.25) is 4.79 Å². The number of esters is 2. The van der Waals surface area contributed by atoms with Gasteiger partial charge in [-0.05, 0) is 44.2 Å². The fourth-order valence-corrected chi connectivity index (χ4v) is 4.29. The molecule has 1 aromatic carbocycles. The standard InChI is InChI=1S/C21H23NO5S/c1-4-26-20(24)16-12(3)17(21(25)27-5-2)28-19(16)22-18(23)15-11-14(15)13-9-7-6-8-10-13/h6-10,14-15H,4-5,11H2,1-3H3,(H,22,23). The van der Waals surface area contributed by atoms with Crippen molar-refractivity contribution in [3.8, 4) is 0 Å². The van der Waals surface area contributed by atoms with Crippen molar-refractivity contribution in [2.45, 2.75) is 33.1 Å². The van der Waals surface area contributed by atoms with Crippen LogP contribution in [0.15, 0.2) is 30.3 Å². The van der Waals surface area contributed by atoms with Crippen LogP contribution in [0.25, 0.3) is 0 Å². The normalized spacial score (nSPS) is 17.7. The van der Waals surface area contributed by atoms with Gasteiger partial charge in [0.15, 0.2) is 0 Å². The van der Waals surface area contributed by atoms with Crippen LogP contribution in [-0.4, -0.2) is 31.1 Å². The van der Waals surface area contributed by atoms with Crippen LogP contribution in [0, 0.1) is 12.8 Å². The molecule has 1 fully saturated rings. The molecule has 6 nitrogen and oxygen atoms in total. The molecule has 1 aliphatic carbocycles. The van der Waals surface area contributed by atoms with Gasteiger partial charge in [0.2, 0.25) is 5.91 Å². The lowest BCUT2D eigenvalue weighted by Crippen LogP contribution is -2.16. The quantitative estimate of drug-likeness (QED) is 0.705. The molecule has 0 radical (unpaired) electrons. The van der Waals surface area contributed by atoms with E-state index in [4.69, 9.17) is 9.47 Å². The summed E-state index contributed by atoms with van der Waals surface area (Å²) in [6.07, 6.45) is 0.764. The van der Waals surface area contributed by atoms with Crippen molar-refractivity contribution in [2.24, 2.45) is 5.92 Å². The summed E-state index contributed by atoms with van der Waals surface area (Å²) in [5, 5.41) is 3.18. The maximum atomic E-state index is 12.7. The molecule has 0 bridgehead atoms. The summed E-state index contributed by atoms with van der Waals surface area (Å²) < 4.78 is 10.2. The molecule has 1 amide bonds. The first-order valence-electron chi connectivity index (χ1n) is 9.31. The van der Waals surface area contributed by atoms with Crippen molar-refractivity contribution in [1.29, 1.82) is 0 Å². The first-order chi connectivity index (χ1) is 13.5. The summed E-state index contributed by atoms with van der Waals surface area (Å²) in [6.45, 7) is 5.52. The van der Waals surface area contributed by atoms with Gasteiger partial charge in [0, 0.05) is 5.92 Å². The van der Waals surface area contributed by atoms with Crippen molar-refractivity contribution in [3.05, 3.63) is 51.9 Å². The molecular formula is C21H23NO5S. The van der Waals surface area contributed by atoms with Crippen LogP contribution in [0.1, 0.15) is 57.3 Å². The zero-order chi connectivity index (χ0) is 20.3. The zero-order valence-corrected chi connectivity index (χ0v) is 16.9. The van der Waals surface area contributed by atoms with E-state index in [1.807, 2.05) is 30.3 Å². The van der Waals surface area contributed by atoms with E-state index in [2.05, 4.69) is 5.32 Å². The third-order valence-corrected chi connectivity index (χ3v) is 5.87. The van der Waals surface area contributed by atoms with Gasteiger partial charge in [-0.1, -0.05) is 30.3 Å². The Morgan fingerprint density at radius 2 is 1.71 bits per heavy atom. The summed E-state index contributed by atoms with van der Waals surface area (Å²) >= 11 is 1.05. The summed E-state index contributed by atoms with van der Waals surface area (Å²) in [6, 6.07) is 9.87. The number of amides is 1. The summed E-state index contributed by atoms with van der Waals surface area (Å²) in [5.74, 6) is -1.19. The topological polar surface area (TPSA) is 81.7 Å². The largest absolute Gasteiger partial charge is 0.462 e. The van der Waals surface area contributed by atoms with E-state index in [0.29, 0.717) is 15.4 Å². The summed E-state index contributed by atoms with van der Waals surface area (Å²) in [4.78, 5) is 37.7. The van der Waals surface area contributed by atoms with Gasteiger partial charge in [-0.2, -0.15) is 0 Å². The van der Waals surface area contributed by atoms with Gasteiger partial charge < -0.3 is 14.8 Å². The second-order valence-corrected chi connectivity index (χ2v) is 7.57. The van der Waals surface area contributed by atoms with Gasteiger partial charge >= 0.3 is 11.9 Å². The molecule has 0 aliphatic heterocycles. The molecule has 2 atom stereocenters. The highest BCUT2D eigenvalue weighted by Crippen LogP contribution is 2.48. The summed E-state index contributed by atoms with van der Waals surface area (Å²) in [5.41, 5.74) is 1.82. The molecule has 2 aromatic rings. The number of carbonyl (C=O) groups is 3. The van der Waals surface area contributed by atoms with E-state index < -0.39 is 11.9 Å². The average molecular weight is 401 g/mol. The molecule has 1 N–H and O–H groups in total. The lowest BCUT2D eigenvalue weighted by Gasteiger charge is -2.07. The molecule has 1 aliphatic rings. The number of carbonyl (C=O) groups excluding carboxylic acids is 3. The highest BCUT2D eigenvalue weighted by atomic mass is 32.1. The Morgan fingerprint density at radius 1 is 1.07 bits per heavy atom. The first-order valence-corrected chi connectivity index (χ1v) is 10.1. The monoisotopic (exact) mass is 401 g/mol. The van der Waals surface area contributed by atoms with E-state index in [1.165, 1.54) is 0 Å². The van der Waals surface area contributed by atoms with Crippen molar-refractivity contribution in [3.63, 3.8) is 0 Å².